The number of aromatic nitrogens is 3. The molecule has 1 N–H and O–H groups in total. The van der Waals surface area contributed by atoms with Gasteiger partial charge in [0.15, 0.2) is 0 Å². The van der Waals surface area contributed by atoms with Gasteiger partial charge in [-0.3, -0.25) is 14.8 Å². The van der Waals surface area contributed by atoms with Crippen molar-refractivity contribution in [3.63, 3.8) is 0 Å². The highest BCUT2D eigenvalue weighted by Gasteiger charge is 2.03. The van der Waals surface area contributed by atoms with E-state index in [4.69, 9.17) is 4.74 Å². The van der Waals surface area contributed by atoms with E-state index in [1.165, 1.54) is 12.3 Å². The summed E-state index contributed by atoms with van der Waals surface area (Å²) in [5.41, 5.74) is 2.72. The van der Waals surface area contributed by atoms with Gasteiger partial charge >= 0.3 is 0 Å². The molecule has 0 unspecified atom stereocenters. The number of carbonyl (C=O) groups excluding carboxylic acids is 1. The summed E-state index contributed by atoms with van der Waals surface area (Å²) in [6, 6.07) is 10.4. The third-order valence-corrected chi connectivity index (χ3v) is 3.35. The highest BCUT2D eigenvalue weighted by atomic mass is 19.1. The van der Waals surface area contributed by atoms with E-state index < -0.39 is 5.82 Å². The Morgan fingerprint density at radius 3 is 2.56 bits per heavy atom. The average Bonchev–Trinajstić information content (AvgIpc) is 2.62. The molecule has 3 aromatic heterocycles. The lowest BCUT2D eigenvalue weighted by molar-refractivity contribution is -0.105. The number of nitrogens with zero attached hydrogens (tertiary/aromatic N) is 3. The molecule has 0 fully saturated rings. The summed E-state index contributed by atoms with van der Waals surface area (Å²) in [4.78, 5) is 22.0. The largest absolute Gasteiger partial charge is 0.456 e. The number of hydrogen-bond donors (Lipinski definition) is 1. The van der Waals surface area contributed by atoms with Crippen LogP contribution in [0.5, 0.6) is 11.5 Å². The van der Waals surface area contributed by atoms with Gasteiger partial charge in [0.1, 0.15) is 23.1 Å². The third-order valence-electron chi connectivity index (χ3n) is 3.35. The molecule has 0 bridgehead atoms. The van der Waals surface area contributed by atoms with Crippen molar-refractivity contribution in [3.05, 3.63) is 71.7 Å². The molecule has 3 rings (SSSR count). The van der Waals surface area contributed by atoms with Gasteiger partial charge in [-0.05, 0) is 32.4 Å². The summed E-state index contributed by atoms with van der Waals surface area (Å²) < 4.78 is 18.5. The molecule has 0 radical (unpaired) electrons. The number of hydrogen-bond acceptors (Lipinski definition) is 5. The van der Waals surface area contributed by atoms with E-state index in [9.17, 15) is 9.18 Å². The first-order valence-corrected chi connectivity index (χ1v) is 8.40. The molecule has 0 saturated carbocycles. The van der Waals surface area contributed by atoms with Crippen LogP contribution >= 0.6 is 0 Å². The van der Waals surface area contributed by atoms with E-state index in [0.717, 1.165) is 29.7 Å². The number of anilines is 1. The fourth-order valence-corrected chi connectivity index (χ4v) is 2.21. The number of nitrogens with one attached hydrogen (secondary N) is 1. The molecule has 27 heavy (non-hydrogen) atoms. The topological polar surface area (TPSA) is 77.0 Å². The second-order valence-corrected chi connectivity index (χ2v) is 5.66. The Kier molecular flexibility index (Phi) is 7.37. The minimum absolute atomic E-state index is 0.387. The Morgan fingerprint density at radius 2 is 1.89 bits per heavy atom. The van der Waals surface area contributed by atoms with Crippen molar-refractivity contribution < 1.29 is 13.9 Å². The first-order valence-electron chi connectivity index (χ1n) is 8.40. The predicted octanol–water partition coefficient (Wildman–Crippen LogP) is 4.24. The first kappa shape index (κ1) is 20.0. The van der Waals surface area contributed by atoms with E-state index >= 15 is 0 Å². The Hall–Kier alpha value is -3.35. The van der Waals surface area contributed by atoms with Gasteiger partial charge in [-0.25, -0.2) is 9.37 Å². The standard InChI is InChI=1S/C13H13FN2O.C7H8N2O/c1-3-11-6-12(4-9(2)16-11)17-13-5-10(14)7-15-8-13;1-6-3-2-4-7(9-6)8-5-10/h4-8H,3H2,1-2H3;2-5H,1H3,(H,8,9,10). The Bertz CT molecular complexity index is 903. The fourth-order valence-electron chi connectivity index (χ4n) is 2.21. The van der Waals surface area contributed by atoms with Gasteiger partial charge < -0.3 is 10.1 Å². The Balaban J connectivity index is 0.000000223. The van der Waals surface area contributed by atoms with Gasteiger partial charge in [-0.15, -0.1) is 0 Å². The molecule has 0 aliphatic heterocycles. The molecule has 140 valence electrons. The van der Waals surface area contributed by atoms with Gasteiger partial charge in [0, 0.05) is 35.3 Å². The Labute approximate surface area is 157 Å². The molecular formula is C20H21FN4O2. The highest BCUT2D eigenvalue weighted by Crippen LogP contribution is 2.22. The van der Waals surface area contributed by atoms with Crippen LogP contribution in [0.3, 0.4) is 0 Å². The second kappa shape index (κ2) is 9.96. The van der Waals surface area contributed by atoms with E-state index in [1.54, 1.807) is 6.07 Å². The van der Waals surface area contributed by atoms with Crippen LogP contribution in [0.2, 0.25) is 0 Å². The highest BCUT2D eigenvalue weighted by molar-refractivity contribution is 5.68. The van der Waals surface area contributed by atoms with Crippen LogP contribution in [0, 0.1) is 19.7 Å². The Morgan fingerprint density at radius 1 is 1.07 bits per heavy atom. The number of rotatable bonds is 5. The summed E-state index contributed by atoms with van der Waals surface area (Å²) in [7, 11) is 0. The van der Waals surface area contributed by atoms with Crippen LogP contribution in [0.25, 0.3) is 0 Å². The molecule has 0 spiro atoms. The summed E-state index contributed by atoms with van der Waals surface area (Å²) in [5.74, 6) is 1.22. The monoisotopic (exact) mass is 368 g/mol. The lowest BCUT2D eigenvalue weighted by atomic mass is 10.2. The van der Waals surface area contributed by atoms with Crippen LogP contribution in [-0.4, -0.2) is 21.4 Å². The number of halogens is 1. The van der Waals surface area contributed by atoms with Crippen molar-refractivity contribution in [2.45, 2.75) is 27.2 Å². The van der Waals surface area contributed by atoms with E-state index in [2.05, 4.69) is 20.3 Å². The summed E-state index contributed by atoms with van der Waals surface area (Å²) >= 11 is 0. The zero-order valence-corrected chi connectivity index (χ0v) is 15.4. The molecule has 3 heterocycles. The maximum Gasteiger partial charge on any atom is 0.212 e. The zero-order valence-electron chi connectivity index (χ0n) is 15.4. The normalized spacial score (nSPS) is 9.78. The van der Waals surface area contributed by atoms with E-state index in [-0.39, 0.29) is 0 Å². The van der Waals surface area contributed by atoms with E-state index in [0.29, 0.717) is 23.7 Å². The SMILES string of the molecule is CCc1cc(Oc2cncc(F)c2)cc(C)n1.Cc1cccc(NC=O)n1. The van der Waals surface area contributed by atoms with Crippen molar-refractivity contribution in [2.24, 2.45) is 0 Å². The minimum atomic E-state index is -0.413. The smallest absolute Gasteiger partial charge is 0.212 e. The number of ether oxygens (including phenoxy) is 1. The van der Waals surface area contributed by atoms with Crippen molar-refractivity contribution in [3.8, 4) is 11.5 Å². The van der Waals surface area contributed by atoms with Crippen molar-refractivity contribution in [2.75, 3.05) is 5.32 Å². The maximum atomic E-state index is 12.9. The first-order chi connectivity index (χ1) is 13.0. The maximum absolute atomic E-state index is 12.9. The van der Waals surface area contributed by atoms with Crippen molar-refractivity contribution in [1.29, 1.82) is 0 Å². The van der Waals surface area contributed by atoms with Crippen molar-refractivity contribution >= 4 is 12.2 Å². The number of amides is 1. The quantitative estimate of drug-likeness (QED) is 0.682. The van der Waals surface area contributed by atoms with E-state index in [1.807, 2.05) is 45.0 Å². The molecule has 1 amide bonds. The zero-order chi connectivity index (χ0) is 19.6. The summed E-state index contributed by atoms with van der Waals surface area (Å²) in [5, 5.41) is 2.46. The molecule has 0 saturated heterocycles. The number of carbonyl (C=O) groups is 1. The van der Waals surface area contributed by atoms with Crippen LogP contribution in [0.15, 0.2) is 48.8 Å². The number of pyridine rings is 3. The second-order valence-electron chi connectivity index (χ2n) is 5.66. The lowest BCUT2D eigenvalue weighted by Crippen LogP contribution is -1.96. The fraction of sp³-hybridized carbons (Fsp3) is 0.200. The number of aryl methyl sites for hydroxylation is 3. The molecule has 3 aromatic rings. The van der Waals surface area contributed by atoms with Gasteiger partial charge in [-0.1, -0.05) is 13.0 Å². The molecule has 0 atom stereocenters. The van der Waals surface area contributed by atoms with Crippen LogP contribution in [-0.2, 0) is 11.2 Å². The van der Waals surface area contributed by atoms with Crippen LogP contribution in [0.4, 0.5) is 10.2 Å². The average molecular weight is 368 g/mol. The van der Waals surface area contributed by atoms with Crippen LogP contribution < -0.4 is 10.1 Å². The summed E-state index contributed by atoms with van der Waals surface area (Å²) in [6.07, 6.45) is 4.06. The van der Waals surface area contributed by atoms with Crippen LogP contribution in [0.1, 0.15) is 24.0 Å². The molecule has 0 aliphatic rings. The van der Waals surface area contributed by atoms with Gasteiger partial charge in [0.25, 0.3) is 0 Å². The molecule has 0 aliphatic carbocycles. The summed E-state index contributed by atoms with van der Waals surface area (Å²) in [6.45, 7) is 5.79. The van der Waals surface area contributed by atoms with Gasteiger partial charge in [0.2, 0.25) is 6.41 Å². The molecule has 0 aromatic carbocycles. The lowest BCUT2D eigenvalue weighted by Gasteiger charge is -2.07. The molecular weight excluding hydrogens is 347 g/mol. The third kappa shape index (κ3) is 6.81. The molecule has 7 heteroatoms. The molecule has 6 nitrogen and oxygen atoms in total. The van der Waals surface area contributed by atoms with Gasteiger partial charge in [-0.2, -0.15) is 0 Å². The predicted molar refractivity (Wildman–Crippen MR) is 101 cm³/mol. The van der Waals surface area contributed by atoms with Crippen molar-refractivity contribution in [1.82, 2.24) is 15.0 Å². The minimum Gasteiger partial charge on any atom is -0.456 e. The van der Waals surface area contributed by atoms with Gasteiger partial charge in [0.05, 0.1) is 12.4 Å².